The molecule has 1 amide bonds. The first-order valence-electron chi connectivity index (χ1n) is 11.3. The largest absolute Gasteiger partial charge is 0.486 e. The number of carbonyl (C=O) groups excluding carboxylic acids is 1. The third-order valence-electron chi connectivity index (χ3n) is 6.26. The van der Waals surface area contributed by atoms with Gasteiger partial charge in [-0.1, -0.05) is 0 Å². The topological polar surface area (TPSA) is 98.3 Å². The van der Waals surface area contributed by atoms with Crippen molar-refractivity contribution in [2.75, 3.05) is 56.7 Å². The van der Waals surface area contributed by atoms with E-state index in [4.69, 9.17) is 18.9 Å². The van der Waals surface area contributed by atoms with Crippen LogP contribution in [0.5, 0.6) is 17.4 Å². The molecule has 6 rings (SSSR count). The quantitative estimate of drug-likeness (QED) is 0.591. The number of nitrogens with zero attached hydrogens (tertiary/aromatic N) is 4. The molecular formula is C24H25N5O5. The summed E-state index contributed by atoms with van der Waals surface area (Å²) in [5.74, 6) is 1.92. The number of nitrogens with one attached hydrogen (secondary N) is 1. The van der Waals surface area contributed by atoms with Crippen LogP contribution in [-0.2, 0) is 4.74 Å². The maximum Gasteiger partial charge on any atom is 0.414 e. The van der Waals surface area contributed by atoms with Crippen molar-refractivity contribution >= 4 is 28.5 Å². The highest BCUT2D eigenvalue weighted by molar-refractivity contribution is 5.90. The summed E-state index contributed by atoms with van der Waals surface area (Å²) in [7, 11) is 1.60. The van der Waals surface area contributed by atoms with Crippen molar-refractivity contribution in [3.8, 4) is 17.4 Å². The summed E-state index contributed by atoms with van der Waals surface area (Å²) in [6.45, 7) is 3.94. The molecule has 1 N–H and O–H groups in total. The zero-order valence-corrected chi connectivity index (χ0v) is 18.8. The number of hydrogen-bond donors (Lipinski definition) is 1. The highest BCUT2D eigenvalue weighted by Gasteiger charge is 2.37. The Bertz CT molecular complexity index is 1230. The molecule has 10 heteroatoms. The van der Waals surface area contributed by atoms with Crippen LogP contribution in [0.2, 0.25) is 0 Å². The average Bonchev–Trinajstić information content (AvgIpc) is 3.22. The third-order valence-corrected chi connectivity index (χ3v) is 6.26. The number of fused-ring (bicyclic) bond motifs is 2. The van der Waals surface area contributed by atoms with Crippen LogP contribution in [0, 0.1) is 0 Å². The number of amides is 1. The summed E-state index contributed by atoms with van der Waals surface area (Å²) in [4.78, 5) is 25.3. The Labute approximate surface area is 196 Å². The molecule has 1 atom stereocenters. The molecule has 3 aliphatic heterocycles. The van der Waals surface area contributed by atoms with Crippen molar-refractivity contribution in [1.82, 2.24) is 14.9 Å². The standard InChI is InChI=1S/C24H25N5O5/c1-31-22-5-3-18-23(27-22)19(6-7-25-18)26-15-11-28(12-15)13-17-14-29(24(30)34-17)16-2-4-20-21(10-16)33-9-8-32-20/h2-7,10,15,17H,8-9,11-14H2,1H3,(H,25,26)/t17-/m1/s1. The maximum atomic E-state index is 12.5. The van der Waals surface area contributed by atoms with Crippen molar-refractivity contribution < 1.29 is 23.7 Å². The Morgan fingerprint density at radius 2 is 1.94 bits per heavy atom. The summed E-state index contributed by atoms with van der Waals surface area (Å²) >= 11 is 0. The zero-order chi connectivity index (χ0) is 23.1. The van der Waals surface area contributed by atoms with Crippen LogP contribution in [-0.4, -0.2) is 79.6 Å². The lowest BCUT2D eigenvalue weighted by atomic mass is 10.1. The molecule has 0 radical (unpaired) electrons. The number of carbonyl (C=O) groups is 1. The van der Waals surface area contributed by atoms with E-state index in [0.29, 0.717) is 43.7 Å². The number of methoxy groups -OCH3 is 1. The minimum Gasteiger partial charge on any atom is -0.486 e. The van der Waals surface area contributed by atoms with E-state index in [1.807, 2.05) is 30.3 Å². The van der Waals surface area contributed by atoms with Gasteiger partial charge in [-0.15, -0.1) is 0 Å². The predicted octanol–water partition coefficient (Wildman–Crippen LogP) is 2.53. The summed E-state index contributed by atoms with van der Waals surface area (Å²) in [6.07, 6.45) is 1.26. The monoisotopic (exact) mass is 463 g/mol. The molecule has 34 heavy (non-hydrogen) atoms. The molecule has 1 aromatic carbocycles. The highest BCUT2D eigenvalue weighted by Crippen LogP contribution is 2.35. The molecule has 176 valence electrons. The van der Waals surface area contributed by atoms with E-state index in [9.17, 15) is 4.79 Å². The molecule has 2 aromatic heterocycles. The molecule has 0 saturated carbocycles. The first kappa shape index (κ1) is 20.8. The third kappa shape index (κ3) is 3.90. The van der Waals surface area contributed by atoms with Crippen molar-refractivity contribution in [3.63, 3.8) is 0 Å². The van der Waals surface area contributed by atoms with Gasteiger partial charge in [-0.2, -0.15) is 0 Å². The van der Waals surface area contributed by atoms with Gasteiger partial charge in [-0.25, -0.2) is 9.78 Å². The second-order valence-corrected chi connectivity index (χ2v) is 8.58. The molecule has 0 aliphatic carbocycles. The Balaban J connectivity index is 1.05. The lowest BCUT2D eigenvalue weighted by molar-refractivity contribution is 0.0765. The fourth-order valence-electron chi connectivity index (χ4n) is 4.58. The average molecular weight is 463 g/mol. The number of rotatable bonds is 6. The van der Waals surface area contributed by atoms with Crippen LogP contribution in [0.1, 0.15) is 0 Å². The number of anilines is 2. The number of hydrogen-bond acceptors (Lipinski definition) is 9. The van der Waals surface area contributed by atoms with E-state index < -0.39 is 0 Å². The van der Waals surface area contributed by atoms with E-state index in [0.717, 1.165) is 35.5 Å². The molecule has 0 bridgehead atoms. The van der Waals surface area contributed by atoms with E-state index in [1.165, 1.54) is 0 Å². The van der Waals surface area contributed by atoms with Crippen molar-refractivity contribution in [2.24, 2.45) is 0 Å². The second kappa shape index (κ2) is 8.53. The zero-order valence-electron chi connectivity index (χ0n) is 18.8. The number of likely N-dealkylation sites (tertiary alicyclic amines) is 1. The molecule has 2 saturated heterocycles. The van der Waals surface area contributed by atoms with Gasteiger partial charge in [0.25, 0.3) is 0 Å². The Hall–Kier alpha value is -3.79. The predicted molar refractivity (Wildman–Crippen MR) is 125 cm³/mol. The Kier molecular flexibility index (Phi) is 5.21. The minimum atomic E-state index is -0.333. The van der Waals surface area contributed by atoms with E-state index in [2.05, 4.69) is 20.2 Å². The highest BCUT2D eigenvalue weighted by atomic mass is 16.6. The fourth-order valence-corrected chi connectivity index (χ4v) is 4.58. The van der Waals surface area contributed by atoms with Gasteiger partial charge < -0.3 is 24.3 Å². The van der Waals surface area contributed by atoms with Crippen LogP contribution in [0.3, 0.4) is 0 Å². The van der Waals surface area contributed by atoms with Gasteiger partial charge in [-0.05, 0) is 24.3 Å². The fraction of sp³-hybridized carbons (Fsp3) is 0.375. The summed E-state index contributed by atoms with van der Waals surface area (Å²) in [5.41, 5.74) is 3.30. The minimum absolute atomic E-state index is 0.186. The van der Waals surface area contributed by atoms with Crippen molar-refractivity contribution in [2.45, 2.75) is 12.1 Å². The Morgan fingerprint density at radius 3 is 2.79 bits per heavy atom. The van der Waals surface area contributed by atoms with Gasteiger partial charge in [0.15, 0.2) is 11.5 Å². The molecule has 0 spiro atoms. The number of cyclic esters (lactones) is 1. The first-order chi connectivity index (χ1) is 16.7. The van der Waals surface area contributed by atoms with Gasteiger partial charge in [0.2, 0.25) is 5.88 Å². The van der Waals surface area contributed by atoms with Gasteiger partial charge in [-0.3, -0.25) is 14.8 Å². The van der Waals surface area contributed by atoms with Crippen LogP contribution < -0.4 is 24.4 Å². The molecule has 10 nitrogen and oxygen atoms in total. The van der Waals surface area contributed by atoms with Crippen LogP contribution in [0.15, 0.2) is 42.6 Å². The van der Waals surface area contributed by atoms with Gasteiger partial charge in [0.1, 0.15) is 24.8 Å². The summed E-state index contributed by atoms with van der Waals surface area (Å²) in [6, 6.07) is 11.5. The molecule has 3 aliphatic rings. The van der Waals surface area contributed by atoms with E-state index in [1.54, 1.807) is 24.3 Å². The summed E-state index contributed by atoms with van der Waals surface area (Å²) < 4.78 is 22.1. The van der Waals surface area contributed by atoms with Gasteiger partial charge in [0.05, 0.1) is 36.6 Å². The van der Waals surface area contributed by atoms with E-state index in [-0.39, 0.29) is 18.2 Å². The maximum absolute atomic E-state index is 12.5. The first-order valence-corrected chi connectivity index (χ1v) is 11.3. The van der Waals surface area contributed by atoms with Gasteiger partial charge in [0, 0.05) is 38.0 Å². The normalized spacial score (nSPS) is 20.2. The van der Waals surface area contributed by atoms with Crippen molar-refractivity contribution in [1.29, 1.82) is 0 Å². The molecule has 3 aromatic rings. The molecule has 0 unspecified atom stereocenters. The lowest BCUT2D eigenvalue weighted by Crippen LogP contribution is -2.56. The smallest absolute Gasteiger partial charge is 0.414 e. The van der Waals surface area contributed by atoms with Crippen LogP contribution in [0.25, 0.3) is 11.0 Å². The number of ether oxygens (including phenoxy) is 4. The molecule has 2 fully saturated rings. The number of pyridine rings is 2. The van der Waals surface area contributed by atoms with Crippen molar-refractivity contribution in [3.05, 3.63) is 42.6 Å². The van der Waals surface area contributed by atoms with Crippen LogP contribution in [0.4, 0.5) is 16.2 Å². The summed E-state index contributed by atoms with van der Waals surface area (Å²) in [5, 5.41) is 3.56. The SMILES string of the molecule is COc1ccc2nccc(NC3CN(C[C@@H]4CN(c5ccc6c(c5)OCCO6)C(=O)O4)C3)c2n1. The number of benzene rings is 1. The van der Waals surface area contributed by atoms with Gasteiger partial charge >= 0.3 is 6.09 Å². The molecular weight excluding hydrogens is 438 g/mol. The number of aromatic nitrogens is 2. The lowest BCUT2D eigenvalue weighted by Gasteiger charge is -2.40. The second-order valence-electron chi connectivity index (χ2n) is 8.58. The van der Waals surface area contributed by atoms with Crippen LogP contribution >= 0.6 is 0 Å². The van der Waals surface area contributed by atoms with E-state index >= 15 is 0 Å². The Morgan fingerprint density at radius 1 is 1.09 bits per heavy atom. The molecule has 5 heterocycles.